The molecule has 1 unspecified atom stereocenters. The van der Waals surface area contributed by atoms with E-state index in [1.54, 1.807) is 0 Å². The number of benzene rings is 1. The first kappa shape index (κ1) is 19.4. The molecule has 138 valence electrons. The lowest BCUT2D eigenvalue weighted by Gasteiger charge is -2.37. The molecule has 2 aliphatic rings. The molecule has 1 aromatic carbocycles. The van der Waals surface area contributed by atoms with Gasteiger partial charge in [0.05, 0.1) is 6.10 Å². The van der Waals surface area contributed by atoms with Crippen LogP contribution in [-0.2, 0) is 22.5 Å². The molecule has 0 radical (unpaired) electrons. The second-order valence-electron chi connectivity index (χ2n) is 8.21. The van der Waals surface area contributed by atoms with Crippen molar-refractivity contribution in [1.29, 1.82) is 0 Å². The van der Waals surface area contributed by atoms with Gasteiger partial charge in [-0.05, 0) is 77.5 Å². The van der Waals surface area contributed by atoms with E-state index in [9.17, 15) is 4.55 Å². The minimum Gasteiger partial charge on any atom is -0.591 e. The van der Waals surface area contributed by atoms with Crippen LogP contribution in [0.25, 0.3) is 0 Å². The van der Waals surface area contributed by atoms with Crippen LogP contribution in [0.2, 0.25) is 0 Å². The third-order valence-corrected chi connectivity index (χ3v) is 7.24. The third-order valence-electron chi connectivity index (χ3n) is 5.35. The van der Waals surface area contributed by atoms with Crippen LogP contribution in [0.15, 0.2) is 27.1 Å². The second-order valence-corrected chi connectivity index (χ2v) is 11.0. The zero-order valence-corrected chi connectivity index (χ0v) is 18.0. The van der Waals surface area contributed by atoms with Gasteiger partial charge in [-0.2, -0.15) is 0 Å². The van der Waals surface area contributed by atoms with Crippen LogP contribution >= 0.6 is 15.9 Å². The van der Waals surface area contributed by atoms with Crippen LogP contribution < -0.4 is 0 Å². The molecule has 1 saturated carbocycles. The van der Waals surface area contributed by atoms with E-state index >= 15 is 0 Å². The molecular formula is C20H28BrNO2S. The van der Waals surface area contributed by atoms with Crippen molar-refractivity contribution in [3.8, 4) is 0 Å². The van der Waals surface area contributed by atoms with Gasteiger partial charge in [0.15, 0.2) is 0 Å². The average Bonchev–Trinajstić information content (AvgIpc) is 2.82. The molecule has 0 bridgehead atoms. The lowest BCUT2D eigenvalue weighted by atomic mass is 9.70. The summed E-state index contributed by atoms with van der Waals surface area (Å²) in [7, 11) is 0. The Morgan fingerprint density at radius 3 is 2.60 bits per heavy atom. The summed E-state index contributed by atoms with van der Waals surface area (Å²) in [4.78, 5) is 0. The first-order valence-corrected chi connectivity index (χ1v) is 11.1. The van der Waals surface area contributed by atoms with E-state index in [1.165, 1.54) is 11.1 Å². The Morgan fingerprint density at radius 1 is 1.32 bits per heavy atom. The first-order chi connectivity index (χ1) is 11.7. The van der Waals surface area contributed by atoms with E-state index < -0.39 is 11.4 Å². The molecule has 1 fully saturated rings. The van der Waals surface area contributed by atoms with E-state index in [0.29, 0.717) is 6.10 Å². The summed E-state index contributed by atoms with van der Waals surface area (Å²) in [5.74, 6) is 0. The summed E-state index contributed by atoms with van der Waals surface area (Å²) in [5.41, 5.74) is 3.61. The van der Waals surface area contributed by atoms with Gasteiger partial charge in [-0.15, -0.1) is 0 Å². The number of fused-ring (bicyclic) bond motifs is 1. The Kier molecular flexibility index (Phi) is 5.69. The highest BCUT2D eigenvalue weighted by Gasteiger charge is 2.47. The van der Waals surface area contributed by atoms with E-state index in [1.807, 2.05) is 20.8 Å². The Balaban J connectivity index is 1.97. The van der Waals surface area contributed by atoms with Crippen LogP contribution in [0, 0.1) is 5.41 Å². The van der Waals surface area contributed by atoms with Gasteiger partial charge in [0.1, 0.15) is 21.8 Å². The Labute approximate surface area is 163 Å². The van der Waals surface area contributed by atoms with E-state index in [2.05, 4.69) is 41.1 Å². The van der Waals surface area contributed by atoms with Crippen molar-refractivity contribution in [3.05, 3.63) is 33.8 Å². The maximum atomic E-state index is 12.8. The predicted molar refractivity (Wildman–Crippen MR) is 109 cm³/mol. The van der Waals surface area contributed by atoms with Gasteiger partial charge in [-0.3, -0.25) is 0 Å². The number of halogens is 1. The minimum absolute atomic E-state index is 0.0254. The van der Waals surface area contributed by atoms with Crippen molar-refractivity contribution in [2.75, 3.05) is 6.61 Å². The average molecular weight is 426 g/mol. The quantitative estimate of drug-likeness (QED) is 0.622. The minimum atomic E-state index is -1.24. The van der Waals surface area contributed by atoms with Crippen LogP contribution in [0.3, 0.4) is 0 Å². The molecule has 0 aromatic heterocycles. The zero-order chi connectivity index (χ0) is 18.2. The van der Waals surface area contributed by atoms with E-state index in [-0.39, 0.29) is 10.2 Å². The van der Waals surface area contributed by atoms with Crippen LogP contribution in [0.1, 0.15) is 64.5 Å². The highest BCUT2D eigenvalue weighted by Crippen LogP contribution is 2.49. The number of ether oxygens (including phenoxy) is 1. The summed E-state index contributed by atoms with van der Waals surface area (Å²) in [6, 6.07) is 6.44. The van der Waals surface area contributed by atoms with Crippen molar-refractivity contribution in [1.82, 2.24) is 0 Å². The Bertz CT molecular complexity index is 660. The fourth-order valence-corrected chi connectivity index (χ4v) is 5.08. The molecule has 3 rings (SSSR count). The molecule has 2 aliphatic carbocycles. The Hall–Kier alpha value is -0.360. The normalized spacial score (nSPS) is 29.2. The molecule has 1 aromatic rings. The van der Waals surface area contributed by atoms with Crippen molar-refractivity contribution < 1.29 is 9.29 Å². The highest BCUT2D eigenvalue weighted by molar-refractivity contribution is 9.10. The molecule has 0 aliphatic heterocycles. The Morgan fingerprint density at radius 2 is 2.00 bits per heavy atom. The van der Waals surface area contributed by atoms with Gasteiger partial charge in [0.25, 0.3) is 0 Å². The summed E-state index contributed by atoms with van der Waals surface area (Å²) in [5, 5.41) is 0. The van der Waals surface area contributed by atoms with Crippen molar-refractivity contribution in [3.63, 3.8) is 0 Å². The molecule has 0 N–H and O–H groups in total. The lowest BCUT2D eigenvalue weighted by Crippen LogP contribution is -2.37. The van der Waals surface area contributed by atoms with Gasteiger partial charge < -0.3 is 9.29 Å². The summed E-state index contributed by atoms with van der Waals surface area (Å²) in [6.45, 7) is 8.81. The molecule has 0 amide bonds. The maximum Gasteiger partial charge on any atom is 0.144 e. The molecule has 0 saturated heterocycles. The first-order valence-electron chi connectivity index (χ1n) is 9.17. The monoisotopic (exact) mass is 425 g/mol. The maximum absolute atomic E-state index is 12.8. The van der Waals surface area contributed by atoms with Crippen molar-refractivity contribution in [2.45, 2.75) is 70.7 Å². The summed E-state index contributed by atoms with van der Waals surface area (Å²) >= 11 is 2.35. The van der Waals surface area contributed by atoms with E-state index in [4.69, 9.17) is 9.13 Å². The lowest BCUT2D eigenvalue weighted by molar-refractivity contribution is 0.0179. The molecule has 3 nitrogen and oxygen atoms in total. The second kappa shape index (κ2) is 7.34. The number of rotatable bonds is 3. The SMILES string of the molecule is CCO[C@H]1CC[C@]2(CC1)Cc1ccc(Br)cc1/C2=N/[S+]([O-])C(C)(C)C. The van der Waals surface area contributed by atoms with Crippen LogP contribution in [-0.4, -0.2) is 27.7 Å². The largest absolute Gasteiger partial charge is 0.591 e. The zero-order valence-electron chi connectivity index (χ0n) is 15.6. The molecule has 1 atom stereocenters. The van der Waals surface area contributed by atoms with Crippen LogP contribution in [0.5, 0.6) is 0 Å². The van der Waals surface area contributed by atoms with Crippen molar-refractivity contribution >= 4 is 33.0 Å². The fraction of sp³-hybridized carbons (Fsp3) is 0.650. The molecule has 0 heterocycles. The fourth-order valence-electron chi connectivity index (χ4n) is 3.98. The van der Waals surface area contributed by atoms with Gasteiger partial charge in [-0.1, -0.05) is 26.4 Å². The molecular weight excluding hydrogens is 398 g/mol. The number of nitrogens with zero attached hydrogens (tertiary/aromatic N) is 1. The molecule has 25 heavy (non-hydrogen) atoms. The number of hydrogen-bond donors (Lipinski definition) is 0. The molecule has 5 heteroatoms. The standard InChI is InChI=1S/C20H28BrNO2S/c1-5-24-16-8-10-20(11-9-16)13-14-6-7-15(21)12-17(14)18(20)22-25(23)19(2,3)4/h6-7,12,16H,5,8-11,13H2,1-4H3/b22-18-/t16-,20-,25?. The van der Waals surface area contributed by atoms with Gasteiger partial charge in [0.2, 0.25) is 0 Å². The molecule has 1 spiro atoms. The summed E-state index contributed by atoms with van der Waals surface area (Å²) < 4.78 is 24.2. The smallest absolute Gasteiger partial charge is 0.144 e. The van der Waals surface area contributed by atoms with Gasteiger partial charge >= 0.3 is 0 Å². The third kappa shape index (κ3) is 4.00. The van der Waals surface area contributed by atoms with Gasteiger partial charge in [0, 0.05) is 22.1 Å². The highest BCUT2D eigenvalue weighted by atomic mass is 79.9. The van der Waals surface area contributed by atoms with Gasteiger partial charge in [-0.25, -0.2) is 0 Å². The summed E-state index contributed by atoms with van der Waals surface area (Å²) in [6.07, 6.45) is 5.61. The predicted octanol–water partition coefficient (Wildman–Crippen LogP) is 5.22. The topological polar surface area (TPSA) is 44.6 Å². The van der Waals surface area contributed by atoms with Crippen molar-refractivity contribution in [2.24, 2.45) is 9.81 Å². The van der Waals surface area contributed by atoms with E-state index in [0.717, 1.165) is 48.9 Å². The van der Waals surface area contributed by atoms with Crippen LogP contribution in [0.4, 0.5) is 0 Å². The number of hydrogen-bond acceptors (Lipinski definition) is 3.